The fraction of sp³-hybridized carbons (Fsp3) is 0.556. The van der Waals surface area contributed by atoms with Gasteiger partial charge in [-0.1, -0.05) is 18.8 Å². The number of methoxy groups -OCH3 is 1. The van der Waals surface area contributed by atoms with Crippen LogP contribution in [0.1, 0.15) is 37.3 Å². The molecule has 1 fully saturated rings. The predicted molar refractivity (Wildman–Crippen MR) is 85.2 cm³/mol. The smallest absolute Gasteiger partial charge is 0.119 e. The van der Waals surface area contributed by atoms with E-state index in [0.29, 0.717) is 6.42 Å². The van der Waals surface area contributed by atoms with Crippen LogP contribution < -0.4 is 4.74 Å². The molecular formula is C18H25NO2. The van der Waals surface area contributed by atoms with Crippen molar-refractivity contribution in [3.8, 4) is 17.6 Å². The molecule has 1 aliphatic rings. The van der Waals surface area contributed by atoms with Crippen LogP contribution in [-0.4, -0.2) is 36.8 Å². The number of rotatable bonds is 4. The van der Waals surface area contributed by atoms with E-state index in [1.54, 1.807) is 7.11 Å². The number of nitrogens with zero attached hydrogens (tertiary/aromatic N) is 1. The third-order valence-electron chi connectivity index (χ3n) is 3.91. The summed E-state index contributed by atoms with van der Waals surface area (Å²) >= 11 is 0. The summed E-state index contributed by atoms with van der Waals surface area (Å²) < 4.78 is 5.34. The van der Waals surface area contributed by atoms with Crippen LogP contribution in [0.15, 0.2) is 18.2 Å². The lowest BCUT2D eigenvalue weighted by molar-refractivity contribution is 0.176. The molecule has 1 atom stereocenters. The summed E-state index contributed by atoms with van der Waals surface area (Å²) in [7, 11) is 1.69. The van der Waals surface area contributed by atoms with Crippen LogP contribution in [-0.2, 0) is 6.54 Å². The Morgan fingerprint density at radius 3 is 3.00 bits per heavy atom. The number of hydrogen-bond donors (Lipinski definition) is 1. The first-order valence-electron chi connectivity index (χ1n) is 7.72. The normalized spacial score (nSPS) is 18.9. The molecule has 3 heteroatoms. The average molecular weight is 287 g/mol. The van der Waals surface area contributed by atoms with E-state index < -0.39 is 0 Å². The van der Waals surface area contributed by atoms with Gasteiger partial charge in [-0.05, 0) is 49.1 Å². The van der Waals surface area contributed by atoms with E-state index in [4.69, 9.17) is 9.84 Å². The van der Waals surface area contributed by atoms with Crippen molar-refractivity contribution in [1.29, 1.82) is 0 Å². The largest absolute Gasteiger partial charge is 0.497 e. The molecule has 1 aromatic carbocycles. The third kappa shape index (κ3) is 4.77. The second-order valence-corrected chi connectivity index (χ2v) is 5.78. The molecule has 114 valence electrons. The first kappa shape index (κ1) is 15.9. The van der Waals surface area contributed by atoms with Crippen LogP contribution in [0.5, 0.6) is 5.75 Å². The summed E-state index contributed by atoms with van der Waals surface area (Å²) in [6.07, 6.45) is 3.13. The fourth-order valence-electron chi connectivity index (χ4n) is 2.83. The van der Waals surface area contributed by atoms with E-state index >= 15 is 0 Å². The highest BCUT2D eigenvalue weighted by atomic mass is 16.5. The van der Waals surface area contributed by atoms with Crippen LogP contribution >= 0.6 is 0 Å². The minimum Gasteiger partial charge on any atom is -0.497 e. The standard InChI is InChI=1S/C18H25NO2/c1-15-6-5-10-19(13-15)14-17-12-18(21-2)9-8-16(17)7-3-4-11-20/h8-9,12,15,20H,4-6,10-11,13-14H2,1-2H3. The van der Waals surface area contributed by atoms with E-state index in [2.05, 4.69) is 29.7 Å². The third-order valence-corrected chi connectivity index (χ3v) is 3.91. The number of ether oxygens (including phenoxy) is 1. The van der Waals surface area contributed by atoms with Crippen LogP contribution in [0.4, 0.5) is 0 Å². The molecule has 0 bridgehead atoms. The minimum absolute atomic E-state index is 0.113. The van der Waals surface area contributed by atoms with Gasteiger partial charge in [-0.15, -0.1) is 0 Å². The Kier molecular flexibility index (Phi) is 6.10. The van der Waals surface area contributed by atoms with Gasteiger partial charge in [-0.2, -0.15) is 0 Å². The molecule has 0 radical (unpaired) electrons. The molecule has 1 unspecified atom stereocenters. The van der Waals surface area contributed by atoms with Crippen LogP contribution in [0.25, 0.3) is 0 Å². The summed E-state index contributed by atoms with van der Waals surface area (Å²) in [6.45, 7) is 5.66. The Bertz CT molecular complexity index is 516. The SMILES string of the molecule is COc1ccc(C#CCCO)c(CN2CCCC(C)C2)c1. The molecule has 2 rings (SSSR count). The molecule has 1 heterocycles. The maximum absolute atomic E-state index is 8.86. The molecule has 1 saturated heterocycles. The number of aliphatic hydroxyl groups excluding tert-OH is 1. The van der Waals surface area contributed by atoms with Gasteiger partial charge in [-0.3, -0.25) is 4.90 Å². The van der Waals surface area contributed by atoms with Crippen molar-refractivity contribution in [1.82, 2.24) is 4.90 Å². The number of aliphatic hydroxyl groups is 1. The highest BCUT2D eigenvalue weighted by Gasteiger charge is 2.17. The van der Waals surface area contributed by atoms with E-state index in [9.17, 15) is 0 Å². The van der Waals surface area contributed by atoms with Gasteiger partial charge >= 0.3 is 0 Å². The van der Waals surface area contributed by atoms with Gasteiger partial charge in [0.1, 0.15) is 5.75 Å². The molecule has 21 heavy (non-hydrogen) atoms. The van der Waals surface area contributed by atoms with Gasteiger partial charge < -0.3 is 9.84 Å². The van der Waals surface area contributed by atoms with Crippen molar-refractivity contribution in [2.45, 2.75) is 32.7 Å². The van der Waals surface area contributed by atoms with Crippen LogP contribution in [0.2, 0.25) is 0 Å². The van der Waals surface area contributed by atoms with Crippen molar-refractivity contribution in [3.05, 3.63) is 29.3 Å². The van der Waals surface area contributed by atoms with Gasteiger partial charge in [0, 0.05) is 25.1 Å². The monoisotopic (exact) mass is 287 g/mol. The second kappa shape index (κ2) is 8.07. The van der Waals surface area contributed by atoms with Crippen LogP contribution in [0, 0.1) is 17.8 Å². The van der Waals surface area contributed by atoms with E-state index in [0.717, 1.165) is 36.9 Å². The minimum atomic E-state index is 0.113. The van der Waals surface area contributed by atoms with Gasteiger partial charge in [0.25, 0.3) is 0 Å². The summed E-state index contributed by atoms with van der Waals surface area (Å²) in [4.78, 5) is 2.50. The maximum atomic E-state index is 8.86. The molecule has 3 nitrogen and oxygen atoms in total. The first-order chi connectivity index (χ1) is 10.2. The molecule has 0 saturated carbocycles. The number of piperidine rings is 1. The Morgan fingerprint density at radius 1 is 1.43 bits per heavy atom. The molecular weight excluding hydrogens is 262 g/mol. The van der Waals surface area contributed by atoms with E-state index in [1.165, 1.54) is 18.4 Å². The molecule has 0 spiro atoms. The maximum Gasteiger partial charge on any atom is 0.119 e. The Hall–Kier alpha value is -1.50. The van der Waals surface area contributed by atoms with E-state index in [-0.39, 0.29) is 6.61 Å². The highest BCUT2D eigenvalue weighted by molar-refractivity contribution is 5.45. The van der Waals surface area contributed by atoms with Crippen molar-refractivity contribution >= 4 is 0 Å². The predicted octanol–water partition coefficient (Wildman–Crippen LogP) is 2.66. The zero-order chi connectivity index (χ0) is 15.1. The topological polar surface area (TPSA) is 32.7 Å². The first-order valence-corrected chi connectivity index (χ1v) is 7.72. The Morgan fingerprint density at radius 2 is 2.29 bits per heavy atom. The molecule has 0 aromatic heterocycles. The summed E-state index contributed by atoms with van der Waals surface area (Å²) in [5.74, 6) is 7.84. The highest BCUT2D eigenvalue weighted by Crippen LogP contribution is 2.22. The Labute approximate surface area is 127 Å². The number of likely N-dealkylation sites (tertiary alicyclic amines) is 1. The molecule has 0 amide bonds. The van der Waals surface area contributed by atoms with Crippen LogP contribution in [0.3, 0.4) is 0 Å². The molecule has 0 aliphatic carbocycles. The van der Waals surface area contributed by atoms with Crippen molar-refractivity contribution < 1.29 is 9.84 Å². The number of benzene rings is 1. The summed E-state index contributed by atoms with van der Waals surface area (Å²) in [5.41, 5.74) is 2.26. The van der Waals surface area contributed by atoms with Gasteiger partial charge in [0.15, 0.2) is 0 Å². The lowest BCUT2D eigenvalue weighted by Gasteiger charge is -2.31. The fourth-order valence-corrected chi connectivity index (χ4v) is 2.83. The lowest BCUT2D eigenvalue weighted by Crippen LogP contribution is -2.33. The van der Waals surface area contributed by atoms with Crippen molar-refractivity contribution in [2.24, 2.45) is 5.92 Å². The molecule has 1 aliphatic heterocycles. The average Bonchev–Trinajstić information content (AvgIpc) is 2.49. The molecule has 1 aromatic rings. The van der Waals surface area contributed by atoms with Gasteiger partial charge in [0.2, 0.25) is 0 Å². The lowest BCUT2D eigenvalue weighted by atomic mass is 9.99. The van der Waals surface area contributed by atoms with Crippen molar-refractivity contribution in [3.63, 3.8) is 0 Å². The summed E-state index contributed by atoms with van der Waals surface area (Å²) in [5, 5.41) is 8.86. The summed E-state index contributed by atoms with van der Waals surface area (Å²) in [6, 6.07) is 6.05. The molecule has 1 N–H and O–H groups in total. The van der Waals surface area contributed by atoms with Gasteiger partial charge in [0.05, 0.1) is 13.7 Å². The zero-order valence-corrected chi connectivity index (χ0v) is 13.1. The van der Waals surface area contributed by atoms with Crippen molar-refractivity contribution in [2.75, 3.05) is 26.8 Å². The Balaban J connectivity index is 2.16. The quantitative estimate of drug-likeness (QED) is 0.864. The zero-order valence-electron chi connectivity index (χ0n) is 13.1. The number of hydrogen-bond acceptors (Lipinski definition) is 3. The second-order valence-electron chi connectivity index (χ2n) is 5.78. The van der Waals surface area contributed by atoms with E-state index in [1.807, 2.05) is 12.1 Å². The van der Waals surface area contributed by atoms with Gasteiger partial charge in [-0.25, -0.2) is 0 Å².